The van der Waals surface area contributed by atoms with Crippen LogP contribution in [0.1, 0.15) is 6.92 Å². The van der Waals surface area contributed by atoms with Gasteiger partial charge in [0, 0.05) is 16.7 Å². The average Bonchev–Trinajstić information content (AvgIpc) is 3.10. The van der Waals surface area contributed by atoms with Gasteiger partial charge in [-0.1, -0.05) is 36.4 Å². The van der Waals surface area contributed by atoms with Crippen LogP contribution in [0.4, 0.5) is 22.1 Å². The van der Waals surface area contributed by atoms with Gasteiger partial charge in [-0.3, -0.25) is 10.1 Å². The zero-order chi connectivity index (χ0) is 21.1. The highest BCUT2D eigenvalue weighted by molar-refractivity contribution is 14.1. The Kier molecular flexibility index (Phi) is 5.61. The van der Waals surface area contributed by atoms with Gasteiger partial charge in [0.15, 0.2) is 0 Å². The smallest absolute Gasteiger partial charge is 0.390 e. The molecule has 2 aromatic heterocycles. The van der Waals surface area contributed by atoms with Gasteiger partial charge < -0.3 is 9.72 Å². The molecule has 0 saturated carbocycles. The molecule has 0 fully saturated rings. The van der Waals surface area contributed by atoms with E-state index in [1.165, 1.54) is 11.8 Å². The summed E-state index contributed by atoms with van der Waals surface area (Å²) in [4.78, 5) is 37.7. The van der Waals surface area contributed by atoms with Gasteiger partial charge in [0.1, 0.15) is 5.65 Å². The molecule has 0 aliphatic carbocycles. The van der Waals surface area contributed by atoms with E-state index in [1.807, 2.05) is 60.7 Å². The fraction of sp³-hybridized carbons (Fsp3) is 0.0476. The maximum Gasteiger partial charge on any atom is 0.425 e. The second-order valence-electron chi connectivity index (χ2n) is 6.27. The Labute approximate surface area is 185 Å². The first-order valence-corrected chi connectivity index (χ1v) is 10.0. The third-order valence-electron chi connectivity index (χ3n) is 4.13. The summed E-state index contributed by atoms with van der Waals surface area (Å²) in [6.45, 7) is 1.35. The second kappa shape index (κ2) is 8.49. The van der Waals surface area contributed by atoms with Crippen molar-refractivity contribution in [3.63, 3.8) is 0 Å². The Morgan fingerprint density at radius 1 is 1.00 bits per heavy atom. The van der Waals surface area contributed by atoms with E-state index in [4.69, 9.17) is 4.74 Å². The number of anilines is 3. The van der Waals surface area contributed by atoms with Crippen molar-refractivity contribution in [3.05, 3.63) is 70.4 Å². The van der Waals surface area contributed by atoms with E-state index >= 15 is 0 Å². The first-order valence-electron chi connectivity index (χ1n) is 8.97. The van der Waals surface area contributed by atoms with Crippen molar-refractivity contribution in [2.45, 2.75) is 6.92 Å². The molecule has 2 amide bonds. The second-order valence-corrected chi connectivity index (χ2v) is 7.43. The van der Waals surface area contributed by atoms with Crippen LogP contribution in [0.25, 0.3) is 11.0 Å². The summed E-state index contributed by atoms with van der Waals surface area (Å²) in [5.74, 6) is -0.235. The summed E-state index contributed by atoms with van der Waals surface area (Å²) in [6, 6.07) is 18.3. The van der Waals surface area contributed by atoms with Crippen LogP contribution in [0, 0.1) is 3.57 Å². The fourth-order valence-electron chi connectivity index (χ4n) is 2.89. The number of nitrogens with zero attached hydrogens (tertiary/aromatic N) is 3. The van der Waals surface area contributed by atoms with Crippen LogP contribution in [0.15, 0.2) is 66.9 Å². The predicted octanol–water partition coefficient (Wildman–Crippen LogP) is 4.86. The number of nitrogens with one attached hydrogen (secondary N) is 2. The summed E-state index contributed by atoms with van der Waals surface area (Å²) >= 11 is 2.10. The van der Waals surface area contributed by atoms with Gasteiger partial charge in [-0.05, 0) is 46.9 Å². The number of rotatable bonds is 4. The number of ether oxygens (including phenoxy) is 1. The van der Waals surface area contributed by atoms with Crippen molar-refractivity contribution in [1.29, 1.82) is 0 Å². The van der Waals surface area contributed by atoms with Crippen molar-refractivity contribution < 1.29 is 14.3 Å². The number of hydrogen-bond donors (Lipinski definition) is 2. The van der Waals surface area contributed by atoms with E-state index in [9.17, 15) is 9.59 Å². The summed E-state index contributed by atoms with van der Waals surface area (Å²) in [5, 5.41) is 3.08. The first kappa shape index (κ1) is 19.8. The lowest BCUT2D eigenvalue weighted by molar-refractivity contribution is -0.114. The van der Waals surface area contributed by atoms with Crippen LogP contribution < -0.4 is 15.0 Å². The molecule has 150 valence electrons. The summed E-state index contributed by atoms with van der Waals surface area (Å²) in [5.41, 5.74) is 1.74. The molecule has 0 aliphatic rings. The van der Waals surface area contributed by atoms with Crippen LogP contribution >= 0.6 is 22.6 Å². The van der Waals surface area contributed by atoms with E-state index in [2.05, 4.69) is 42.9 Å². The van der Waals surface area contributed by atoms with Crippen molar-refractivity contribution in [2.24, 2.45) is 0 Å². The number of fused-ring (bicyclic) bond motifs is 1. The Balaban J connectivity index is 1.76. The van der Waals surface area contributed by atoms with Crippen molar-refractivity contribution >= 4 is 62.9 Å². The number of benzene rings is 2. The average molecular weight is 513 g/mol. The standard InChI is InChI=1S/C21H16IN5O3/c1-13(28)24-20-25-18-17(16(22)12-23-18)19(26-20)30-21(29)27(14-8-4-2-5-9-14)15-10-6-3-7-11-15/h2-12H,1H3,(H2,23,24,25,26,28). The quantitative estimate of drug-likeness (QED) is 0.380. The highest BCUT2D eigenvalue weighted by Crippen LogP contribution is 2.31. The van der Waals surface area contributed by atoms with Crippen LogP contribution in [-0.2, 0) is 4.79 Å². The minimum absolute atomic E-state index is 0.0435. The molecule has 0 unspecified atom stereocenters. The van der Waals surface area contributed by atoms with E-state index in [1.54, 1.807) is 6.20 Å². The summed E-state index contributed by atoms with van der Waals surface area (Å²) < 4.78 is 6.50. The number of halogens is 1. The van der Waals surface area contributed by atoms with Crippen LogP contribution in [0.2, 0.25) is 0 Å². The Bertz CT molecular complexity index is 1170. The van der Waals surface area contributed by atoms with Crippen molar-refractivity contribution in [3.8, 4) is 5.88 Å². The summed E-state index contributed by atoms with van der Waals surface area (Å²) in [6.07, 6.45) is 1.08. The number of carbonyl (C=O) groups excluding carboxylic acids is 2. The lowest BCUT2D eigenvalue weighted by atomic mass is 10.2. The van der Waals surface area contributed by atoms with Gasteiger partial charge in [0.2, 0.25) is 17.7 Å². The maximum absolute atomic E-state index is 13.3. The number of para-hydroxylation sites is 2. The molecule has 0 spiro atoms. The number of hydrogen-bond acceptors (Lipinski definition) is 5. The van der Waals surface area contributed by atoms with Gasteiger partial charge >= 0.3 is 6.09 Å². The molecule has 0 radical (unpaired) electrons. The van der Waals surface area contributed by atoms with Crippen LogP contribution in [-0.4, -0.2) is 27.0 Å². The highest BCUT2D eigenvalue weighted by Gasteiger charge is 2.23. The zero-order valence-electron chi connectivity index (χ0n) is 15.8. The van der Waals surface area contributed by atoms with E-state index in [-0.39, 0.29) is 17.7 Å². The molecule has 4 rings (SSSR count). The lowest BCUT2D eigenvalue weighted by Gasteiger charge is -2.22. The minimum Gasteiger partial charge on any atom is -0.390 e. The first-order chi connectivity index (χ1) is 14.5. The highest BCUT2D eigenvalue weighted by atomic mass is 127. The van der Waals surface area contributed by atoms with Crippen LogP contribution in [0.5, 0.6) is 5.88 Å². The van der Waals surface area contributed by atoms with Gasteiger partial charge in [-0.2, -0.15) is 9.97 Å². The molecule has 2 heterocycles. The number of carbonyl (C=O) groups is 2. The normalized spacial score (nSPS) is 10.6. The van der Waals surface area contributed by atoms with Gasteiger partial charge in [-0.25, -0.2) is 9.69 Å². The maximum atomic E-state index is 13.3. The minimum atomic E-state index is -0.641. The van der Waals surface area contributed by atoms with Crippen molar-refractivity contribution in [1.82, 2.24) is 15.0 Å². The molecule has 0 saturated heterocycles. The molecule has 0 atom stereocenters. The van der Waals surface area contributed by atoms with Gasteiger partial charge in [0.25, 0.3) is 0 Å². The molecule has 4 aromatic rings. The van der Waals surface area contributed by atoms with E-state index in [0.29, 0.717) is 22.4 Å². The Morgan fingerprint density at radius 3 is 2.17 bits per heavy atom. The number of aromatic amines is 1. The van der Waals surface area contributed by atoms with E-state index in [0.717, 1.165) is 3.57 Å². The largest absolute Gasteiger partial charge is 0.425 e. The monoisotopic (exact) mass is 513 g/mol. The molecule has 2 N–H and O–H groups in total. The third kappa shape index (κ3) is 4.10. The molecule has 8 nitrogen and oxygen atoms in total. The molecule has 0 aliphatic heterocycles. The van der Waals surface area contributed by atoms with E-state index < -0.39 is 6.09 Å². The Hall–Kier alpha value is -3.47. The number of aromatic nitrogens is 3. The fourth-order valence-corrected chi connectivity index (χ4v) is 3.54. The molecule has 9 heteroatoms. The molecule has 30 heavy (non-hydrogen) atoms. The van der Waals surface area contributed by atoms with Crippen LogP contribution in [0.3, 0.4) is 0 Å². The molecular weight excluding hydrogens is 497 g/mol. The Morgan fingerprint density at radius 2 is 1.60 bits per heavy atom. The summed E-state index contributed by atoms with van der Waals surface area (Å²) in [7, 11) is 0. The third-order valence-corrected chi connectivity index (χ3v) is 4.98. The van der Waals surface area contributed by atoms with Gasteiger partial charge in [-0.15, -0.1) is 0 Å². The SMILES string of the molecule is CC(=O)Nc1nc(OC(=O)N(c2ccccc2)c2ccccc2)c2c(I)c[nH]c2n1. The molecular formula is C21H16IN5O3. The molecule has 2 aromatic carbocycles. The topological polar surface area (TPSA) is 100 Å². The number of amides is 2. The molecule has 0 bridgehead atoms. The van der Waals surface area contributed by atoms with Crippen molar-refractivity contribution in [2.75, 3.05) is 10.2 Å². The zero-order valence-corrected chi connectivity index (χ0v) is 18.0. The lowest BCUT2D eigenvalue weighted by Crippen LogP contribution is -2.29. The number of H-pyrrole nitrogens is 1. The van der Waals surface area contributed by atoms with Gasteiger partial charge in [0.05, 0.1) is 16.8 Å². The predicted molar refractivity (Wildman–Crippen MR) is 122 cm³/mol.